The second kappa shape index (κ2) is 13.5. The summed E-state index contributed by atoms with van der Waals surface area (Å²) < 4.78 is 0. The summed E-state index contributed by atoms with van der Waals surface area (Å²) in [5, 5.41) is 24.8. The van der Waals surface area contributed by atoms with Crippen molar-refractivity contribution in [1.82, 2.24) is 9.97 Å². The summed E-state index contributed by atoms with van der Waals surface area (Å²) >= 11 is 0. The minimum absolute atomic E-state index is 0.618. The second-order valence-corrected chi connectivity index (χ2v) is 15.6. The lowest BCUT2D eigenvalue weighted by Gasteiger charge is -2.17. The lowest BCUT2D eigenvalue weighted by Crippen LogP contribution is -1.96. The van der Waals surface area contributed by atoms with E-state index < -0.39 is 0 Å². The molecule has 0 aliphatic rings. The van der Waals surface area contributed by atoms with Crippen LogP contribution in [-0.4, -0.2) is 9.97 Å². The number of nitriles is 1. The van der Waals surface area contributed by atoms with Crippen molar-refractivity contribution in [2.75, 3.05) is 0 Å². The Labute approximate surface area is 346 Å². The fourth-order valence-corrected chi connectivity index (χ4v) is 9.31. The highest BCUT2D eigenvalue weighted by molar-refractivity contribution is 6.37. The molecule has 0 radical (unpaired) electrons. The molecule has 3 heteroatoms. The highest BCUT2D eigenvalue weighted by Gasteiger charge is 2.17. The van der Waals surface area contributed by atoms with Gasteiger partial charge in [-0.2, -0.15) is 5.26 Å². The van der Waals surface area contributed by atoms with Gasteiger partial charge < -0.3 is 0 Å². The Bertz CT molecular complexity index is 3670. The van der Waals surface area contributed by atoms with E-state index in [0.29, 0.717) is 11.4 Å². The molecule has 1 aromatic heterocycles. The van der Waals surface area contributed by atoms with E-state index in [9.17, 15) is 5.26 Å². The second-order valence-electron chi connectivity index (χ2n) is 15.6. The quantitative estimate of drug-likeness (QED) is 0.164. The zero-order chi connectivity index (χ0) is 39.7. The van der Waals surface area contributed by atoms with Gasteiger partial charge >= 0.3 is 0 Å². The van der Waals surface area contributed by atoms with Crippen LogP contribution >= 0.6 is 0 Å². The summed E-state index contributed by atoms with van der Waals surface area (Å²) in [6.07, 6.45) is 0. The lowest BCUT2D eigenvalue weighted by molar-refractivity contribution is 1.18. The molecule has 0 bridgehead atoms. The Hall–Kier alpha value is -8.19. The van der Waals surface area contributed by atoms with Crippen molar-refractivity contribution >= 4 is 64.6 Å². The highest BCUT2D eigenvalue weighted by atomic mass is 14.9. The third-order valence-corrected chi connectivity index (χ3v) is 12.2. The monoisotopic (exact) mass is 759 g/mol. The first-order valence-corrected chi connectivity index (χ1v) is 20.3. The SMILES string of the molecule is N#Cc1ccc(-c2cc(-c3ccc(-c4ccc(-c5cc6ccc7cccc8c9cccc%10ccc%11cccc(c(c5)c6c78)c%11c%109)cc4)cc3)nc(-c3ccccc3)n2)cc1. The molecule has 0 aliphatic carbocycles. The topological polar surface area (TPSA) is 49.6 Å². The average molecular weight is 760 g/mol. The largest absolute Gasteiger partial charge is 0.228 e. The van der Waals surface area contributed by atoms with Gasteiger partial charge in [0.05, 0.1) is 23.0 Å². The van der Waals surface area contributed by atoms with E-state index in [0.717, 1.165) is 39.2 Å². The third kappa shape index (κ3) is 5.43. The van der Waals surface area contributed by atoms with Gasteiger partial charge in [-0.1, -0.05) is 170 Å². The minimum atomic E-state index is 0.618. The van der Waals surface area contributed by atoms with Crippen LogP contribution in [0.4, 0.5) is 0 Å². The van der Waals surface area contributed by atoms with Crippen molar-refractivity contribution in [3.05, 3.63) is 206 Å². The van der Waals surface area contributed by atoms with E-state index in [1.54, 1.807) is 0 Å². The Kier molecular flexibility index (Phi) is 7.60. The first kappa shape index (κ1) is 33.9. The predicted molar refractivity (Wildman–Crippen MR) is 250 cm³/mol. The van der Waals surface area contributed by atoms with Crippen molar-refractivity contribution in [2.45, 2.75) is 0 Å². The zero-order valence-corrected chi connectivity index (χ0v) is 32.4. The average Bonchev–Trinajstić information content (AvgIpc) is 3.32. The lowest BCUT2D eigenvalue weighted by atomic mass is 9.86. The Morgan fingerprint density at radius 1 is 0.300 bits per heavy atom. The van der Waals surface area contributed by atoms with Crippen molar-refractivity contribution in [2.24, 2.45) is 0 Å². The molecule has 0 aliphatic heterocycles. The molecule has 3 nitrogen and oxygen atoms in total. The van der Waals surface area contributed by atoms with Gasteiger partial charge in [-0.15, -0.1) is 0 Å². The Morgan fingerprint density at radius 3 is 1.25 bits per heavy atom. The molecule has 12 aromatic rings. The van der Waals surface area contributed by atoms with Crippen LogP contribution in [0.15, 0.2) is 200 Å². The molecule has 276 valence electrons. The highest BCUT2D eigenvalue weighted by Crippen LogP contribution is 2.44. The maximum Gasteiger partial charge on any atom is 0.160 e. The summed E-state index contributed by atoms with van der Waals surface area (Å²) in [5.41, 5.74) is 9.82. The van der Waals surface area contributed by atoms with Crippen molar-refractivity contribution in [3.63, 3.8) is 0 Å². The number of benzene rings is 10. The number of nitrogens with zero attached hydrogens (tertiary/aromatic N) is 3. The molecule has 1 heterocycles. The molecule has 0 fully saturated rings. The first-order chi connectivity index (χ1) is 29.7. The smallest absolute Gasteiger partial charge is 0.160 e. The van der Waals surface area contributed by atoms with Gasteiger partial charge in [0, 0.05) is 16.7 Å². The van der Waals surface area contributed by atoms with Crippen LogP contribution in [0.2, 0.25) is 0 Å². The molecular formula is C57H33N3. The predicted octanol–water partition coefficient (Wildman–Crippen LogP) is 15.0. The maximum atomic E-state index is 9.35. The molecule has 60 heavy (non-hydrogen) atoms. The van der Waals surface area contributed by atoms with Gasteiger partial charge in [0.25, 0.3) is 0 Å². The van der Waals surface area contributed by atoms with Crippen molar-refractivity contribution < 1.29 is 0 Å². The van der Waals surface area contributed by atoms with Crippen LogP contribution in [-0.2, 0) is 0 Å². The van der Waals surface area contributed by atoms with Gasteiger partial charge in [0.15, 0.2) is 5.82 Å². The van der Waals surface area contributed by atoms with E-state index in [1.165, 1.54) is 75.8 Å². The van der Waals surface area contributed by atoms with Crippen LogP contribution < -0.4 is 0 Å². The molecule has 11 aromatic carbocycles. The van der Waals surface area contributed by atoms with Gasteiger partial charge in [0.1, 0.15) is 0 Å². The summed E-state index contributed by atoms with van der Waals surface area (Å²) in [5.74, 6) is 0.660. The number of hydrogen-bond donors (Lipinski definition) is 0. The Morgan fingerprint density at radius 2 is 0.733 bits per heavy atom. The number of rotatable bonds is 5. The Balaban J connectivity index is 0.954. The van der Waals surface area contributed by atoms with Crippen LogP contribution in [0, 0.1) is 11.3 Å². The number of hydrogen-bond acceptors (Lipinski definition) is 3. The third-order valence-electron chi connectivity index (χ3n) is 12.2. The summed E-state index contributed by atoms with van der Waals surface area (Å²) in [6, 6.07) is 73.6. The first-order valence-electron chi connectivity index (χ1n) is 20.3. The van der Waals surface area contributed by atoms with Crippen LogP contribution in [0.25, 0.3) is 121 Å². The molecule has 0 N–H and O–H groups in total. The van der Waals surface area contributed by atoms with Crippen molar-refractivity contribution in [1.29, 1.82) is 5.26 Å². The molecule has 0 spiro atoms. The summed E-state index contributed by atoms with van der Waals surface area (Å²) in [6.45, 7) is 0. The van der Waals surface area contributed by atoms with Crippen LogP contribution in [0.5, 0.6) is 0 Å². The van der Waals surface area contributed by atoms with Crippen LogP contribution in [0.3, 0.4) is 0 Å². The molecule has 0 saturated carbocycles. The minimum Gasteiger partial charge on any atom is -0.228 e. The van der Waals surface area contributed by atoms with E-state index in [-0.39, 0.29) is 0 Å². The molecule has 0 saturated heterocycles. The maximum absolute atomic E-state index is 9.35. The van der Waals surface area contributed by atoms with E-state index >= 15 is 0 Å². The van der Waals surface area contributed by atoms with Gasteiger partial charge in [-0.3, -0.25) is 0 Å². The fraction of sp³-hybridized carbons (Fsp3) is 0. The summed E-state index contributed by atoms with van der Waals surface area (Å²) in [4.78, 5) is 9.96. The number of fused-ring (bicyclic) bond motifs is 2. The van der Waals surface area contributed by atoms with Crippen LogP contribution in [0.1, 0.15) is 5.56 Å². The summed E-state index contributed by atoms with van der Waals surface area (Å²) in [7, 11) is 0. The van der Waals surface area contributed by atoms with Crippen molar-refractivity contribution in [3.8, 4) is 62.2 Å². The molecular weight excluding hydrogens is 727 g/mol. The number of aromatic nitrogens is 2. The van der Waals surface area contributed by atoms with E-state index in [4.69, 9.17) is 9.97 Å². The molecule has 0 unspecified atom stereocenters. The van der Waals surface area contributed by atoms with Gasteiger partial charge in [0.2, 0.25) is 0 Å². The standard InChI is InChI=1S/C57H33N3/c58-34-35-15-17-39(18-16-35)51-33-52(60-57(59-51)44-7-2-1-3-8-44)40-25-23-37(24-26-40)36-19-21-38(22-20-36)46-31-45-30-29-43-10-5-13-48-47-12-4-9-41-27-28-42-11-6-14-49(55(42)53(41)47)50(32-46)56(45)54(43)48/h1-33H. The van der Waals surface area contributed by atoms with E-state index in [1.807, 2.05) is 60.7 Å². The zero-order valence-electron chi connectivity index (χ0n) is 32.4. The molecule has 12 rings (SSSR count). The molecule has 0 amide bonds. The van der Waals surface area contributed by atoms with Gasteiger partial charge in [-0.05, 0) is 117 Å². The van der Waals surface area contributed by atoms with Gasteiger partial charge in [-0.25, -0.2) is 9.97 Å². The van der Waals surface area contributed by atoms with E-state index in [2.05, 4.69) is 146 Å². The fourth-order valence-electron chi connectivity index (χ4n) is 9.31. The molecule has 0 atom stereocenters. The normalized spacial score (nSPS) is 11.7.